The highest BCUT2D eigenvalue weighted by Gasteiger charge is 2.21. The van der Waals surface area contributed by atoms with Crippen molar-refractivity contribution in [1.29, 1.82) is 0 Å². The topological polar surface area (TPSA) is 75.7 Å². The number of anilines is 1. The maximum absolute atomic E-state index is 11.9. The van der Waals surface area contributed by atoms with Crippen LogP contribution in [0.1, 0.15) is 28.8 Å². The maximum Gasteiger partial charge on any atom is 0.258 e. The van der Waals surface area contributed by atoms with Crippen molar-refractivity contribution in [3.8, 4) is 5.75 Å². The number of amides is 2. The molecule has 6 nitrogen and oxygen atoms in total. The molecule has 1 aliphatic heterocycles. The molecule has 0 saturated carbocycles. The minimum Gasteiger partial charge on any atom is -0.483 e. The van der Waals surface area contributed by atoms with Gasteiger partial charge in [-0.15, -0.1) is 0 Å². The van der Waals surface area contributed by atoms with Gasteiger partial charge >= 0.3 is 0 Å². The van der Waals surface area contributed by atoms with Gasteiger partial charge in [-0.25, -0.2) is 0 Å². The predicted molar refractivity (Wildman–Crippen MR) is 97.2 cm³/mol. The van der Waals surface area contributed by atoms with Crippen LogP contribution in [-0.4, -0.2) is 31.3 Å². The molecule has 0 aromatic heterocycles. The normalized spacial score (nSPS) is 13.5. The lowest BCUT2D eigenvalue weighted by molar-refractivity contribution is -0.123. The number of carbonyl (C=O) groups is 3. The number of carbonyl (C=O) groups excluding carboxylic acids is 3. The molecule has 134 valence electrons. The summed E-state index contributed by atoms with van der Waals surface area (Å²) in [6.45, 7) is 0.964. The number of ether oxygens (including phenoxy) is 1. The first kappa shape index (κ1) is 17.7. The quantitative estimate of drug-likeness (QED) is 0.776. The molecule has 0 bridgehead atoms. The second-order valence-electron chi connectivity index (χ2n) is 6.04. The maximum atomic E-state index is 11.9. The number of benzene rings is 2. The van der Waals surface area contributed by atoms with Crippen LogP contribution in [0.2, 0.25) is 0 Å². The summed E-state index contributed by atoms with van der Waals surface area (Å²) in [6.07, 6.45) is 2.19. The van der Waals surface area contributed by atoms with E-state index in [1.807, 2.05) is 24.3 Å². The Balaban J connectivity index is 1.48. The molecule has 1 saturated heterocycles. The van der Waals surface area contributed by atoms with Crippen LogP contribution in [0.5, 0.6) is 5.75 Å². The SMILES string of the molecule is O=Cc1ccccc1OCC(=O)NCc1ccc(N2CCCC2=O)cc1. The Bertz CT molecular complexity index is 802. The summed E-state index contributed by atoms with van der Waals surface area (Å²) < 4.78 is 5.39. The van der Waals surface area contributed by atoms with E-state index in [0.29, 0.717) is 30.6 Å². The van der Waals surface area contributed by atoms with Crippen LogP contribution < -0.4 is 15.0 Å². The largest absolute Gasteiger partial charge is 0.483 e. The Morgan fingerprint density at radius 1 is 1.15 bits per heavy atom. The van der Waals surface area contributed by atoms with Gasteiger partial charge in [0.05, 0.1) is 5.56 Å². The van der Waals surface area contributed by atoms with E-state index in [9.17, 15) is 14.4 Å². The van der Waals surface area contributed by atoms with Crippen molar-refractivity contribution in [3.63, 3.8) is 0 Å². The Morgan fingerprint density at radius 3 is 2.62 bits per heavy atom. The van der Waals surface area contributed by atoms with Crippen LogP contribution in [0, 0.1) is 0 Å². The van der Waals surface area contributed by atoms with Gasteiger partial charge in [0.2, 0.25) is 5.91 Å². The Hall–Kier alpha value is -3.15. The van der Waals surface area contributed by atoms with E-state index in [-0.39, 0.29) is 18.4 Å². The average molecular weight is 352 g/mol. The van der Waals surface area contributed by atoms with E-state index in [2.05, 4.69) is 5.32 Å². The highest BCUT2D eigenvalue weighted by molar-refractivity contribution is 5.95. The summed E-state index contributed by atoms with van der Waals surface area (Å²) in [6, 6.07) is 14.3. The lowest BCUT2D eigenvalue weighted by atomic mass is 10.2. The van der Waals surface area contributed by atoms with Crippen molar-refractivity contribution in [1.82, 2.24) is 5.32 Å². The van der Waals surface area contributed by atoms with Crippen molar-refractivity contribution in [2.24, 2.45) is 0 Å². The Labute approximate surface area is 151 Å². The van der Waals surface area contributed by atoms with E-state index in [1.54, 1.807) is 29.2 Å². The van der Waals surface area contributed by atoms with E-state index in [4.69, 9.17) is 4.74 Å². The van der Waals surface area contributed by atoms with E-state index >= 15 is 0 Å². The molecular formula is C20H20N2O4. The molecule has 3 rings (SSSR count). The molecule has 26 heavy (non-hydrogen) atoms. The first-order valence-corrected chi connectivity index (χ1v) is 8.50. The summed E-state index contributed by atoms with van der Waals surface area (Å²) in [7, 11) is 0. The Kier molecular flexibility index (Phi) is 5.63. The number of nitrogens with zero attached hydrogens (tertiary/aromatic N) is 1. The van der Waals surface area contributed by atoms with Gasteiger partial charge in [-0.1, -0.05) is 24.3 Å². The summed E-state index contributed by atoms with van der Waals surface area (Å²) >= 11 is 0. The number of para-hydroxylation sites is 1. The molecule has 2 aromatic carbocycles. The van der Waals surface area contributed by atoms with Crippen molar-refractivity contribution in [2.75, 3.05) is 18.1 Å². The summed E-state index contributed by atoms with van der Waals surface area (Å²) in [4.78, 5) is 36.4. The summed E-state index contributed by atoms with van der Waals surface area (Å²) in [5.74, 6) is 0.264. The summed E-state index contributed by atoms with van der Waals surface area (Å²) in [5.41, 5.74) is 2.23. The van der Waals surface area contributed by atoms with Gasteiger partial charge in [-0.2, -0.15) is 0 Å². The molecule has 2 amide bonds. The second kappa shape index (κ2) is 8.29. The average Bonchev–Trinajstić information content (AvgIpc) is 3.11. The van der Waals surface area contributed by atoms with Crippen LogP contribution in [0.4, 0.5) is 5.69 Å². The van der Waals surface area contributed by atoms with Crippen molar-refractivity contribution in [2.45, 2.75) is 19.4 Å². The molecule has 0 atom stereocenters. The zero-order chi connectivity index (χ0) is 18.4. The van der Waals surface area contributed by atoms with Gasteiger partial charge in [-0.05, 0) is 36.2 Å². The molecule has 1 N–H and O–H groups in total. The lowest BCUT2D eigenvalue weighted by Crippen LogP contribution is -2.28. The molecule has 1 aliphatic rings. The highest BCUT2D eigenvalue weighted by Crippen LogP contribution is 2.21. The van der Waals surface area contributed by atoms with Crippen LogP contribution >= 0.6 is 0 Å². The van der Waals surface area contributed by atoms with Gasteiger partial charge in [-0.3, -0.25) is 14.4 Å². The fraction of sp³-hybridized carbons (Fsp3) is 0.250. The molecular weight excluding hydrogens is 332 g/mol. The van der Waals surface area contributed by atoms with Crippen molar-refractivity contribution in [3.05, 3.63) is 59.7 Å². The number of aldehydes is 1. The zero-order valence-corrected chi connectivity index (χ0v) is 14.3. The van der Waals surface area contributed by atoms with Crippen LogP contribution in [0.3, 0.4) is 0 Å². The van der Waals surface area contributed by atoms with E-state index in [1.165, 1.54) is 0 Å². The third kappa shape index (κ3) is 4.27. The third-order valence-electron chi connectivity index (χ3n) is 4.22. The highest BCUT2D eigenvalue weighted by atomic mass is 16.5. The Morgan fingerprint density at radius 2 is 1.92 bits per heavy atom. The number of rotatable bonds is 7. The molecule has 0 aliphatic carbocycles. The zero-order valence-electron chi connectivity index (χ0n) is 14.3. The van der Waals surface area contributed by atoms with Gasteiger partial charge in [0.15, 0.2) is 12.9 Å². The number of nitrogens with one attached hydrogen (secondary N) is 1. The standard InChI is InChI=1S/C20H20N2O4/c23-13-16-4-1-2-5-18(16)26-14-19(24)21-12-15-7-9-17(10-8-15)22-11-3-6-20(22)25/h1-2,4-5,7-10,13H,3,6,11-12,14H2,(H,21,24). The second-order valence-corrected chi connectivity index (χ2v) is 6.04. The monoisotopic (exact) mass is 352 g/mol. The molecule has 0 spiro atoms. The fourth-order valence-corrected chi connectivity index (χ4v) is 2.82. The smallest absolute Gasteiger partial charge is 0.258 e. The van der Waals surface area contributed by atoms with Crippen molar-refractivity contribution < 1.29 is 19.1 Å². The van der Waals surface area contributed by atoms with Crippen molar-refractivity contribution >= 4 is 23.8 Å². The summed E-state index contributed by atoms with van der Waals surface area (Å²) in [5, 5.41) is 2.77. The predicted octanol–water partition coefficient (Wildman–Crippen LogP) is 2.32. The number of hydrogen-bond donors (Lipinski definition) is 1. The molecule has 1 heterocycles. The molecule has 1 fully saturated rings. The lowest BCUT2D eigenvalue weighted by Gasteiger charge is -2.16. The van der Waals surface area contributed by atoms with Gasteiger partial charge in [0.1, 0.15) is 5.75 Å². The number of hydrogen-bond acceptors (Lipinski definition) is 4. The molecule has 0 radical (unpaired) electrons. The minimum atomic E-state index is -0.274. The molecule has 6 heteroatoms. The molecule has 0 unspecified atom stereocenters. The van der Waals surface area contributed by atoms with Gasteiger partial charge in [0.25, 0.3) is 5.91 Å². The first-order chi connectivity index (χ1) is 12.7. The third-order valence-corrected chi connectivity index (χ3v) is 4.22. The van der Waals surface area contributed by atoms with Crippen LogP contribution in [0.25, 0.3) is 0 Å². The van der Waals surface area contributed by atoms with Crippen LogP contribution in [0.15, 0.2) is 48.5 Å². The first-order valence-electron chi connectivity index (χ1n) is 8.50. The van der Waals surface area contributed by atoms with E-state index in [0.717, 1.165) is 24.2 Å². The minimum absolute atomic E-state index is 0.152. The molecule has 2 aromatic rings. The fourth-order valence-electron chi connectivity index (χ4n) is 2.82. The van der Waals surface area contributed by atoms with Gasteiger partial charge < -0.3 is 15.0 Å². The van der Waals surface area contributed by atoms with Gasteiger partial charge in [0, 0.05) is 25.2 Å². The van der Waals surface area contributed by atoms with E-state index < -0.39 is 0 Å². The van der Waals surface area contributed by atoms with Crippen LogP contribution in [-0.2, 0) is 16.1 Å².